The zero-order valence-corrected chi connectivity index (χ0v) is 20.7. The van der Waals surface area contributed by atoms with Gasteiger partial charge in [0.1, 0.15) is 5.60 Å². The largest absolute Gasteiger partial charge is 0.438 e. The van der Waals surface area contributed by atoms with Crippen LogP contribution in [0.1, 0.15) is 75.1 Å². The Kier molecular flexibility index (Phi) is 6.72. The Balaban J connectivity index is 1.48. The Hall–Kier alpha value is -2.86. The number of benzene rings is 2. The van der Waals surface area contributed by atoms with Crippen LogP contribution >= 0.6 is 0 Å². The van der Waals surface area contributed by atoms with Gasteiger partial charge in [0.2, 0.25) is 5.91 Å². The molecule has 3 atom stereocenters. The minimum atomic E-state index is -0.977. The molecule has 2 aliphatic rings. The minimum Gasteiger partial charge on any atom is -0.438 e. The van der Waals surface area contributed by atoms with Crippen molar-refractivity contribution in [2.75, 3.05) is 20.1 Å². The molecule has 2 aliphatic heterocycles. The number of cyclic esters (lactones) is 1. The Morgan fingerprint density at radius 3 is 2.35 bits per heavy atom. The molecule has 0 aromatic heterocycles. The van der Waals surface area contributed by atoms with E-state index in [1.807, 2.05) is 44.3 Å². The molecule has 34 heavy (non-hydrogen) atoms. The average Bonchev–Trinajstić information content (AvgIpc) is 2.80. The summed E-state index contributed by atoms with van der Waals surface area (Å²) in [5.74, 6) is 0.444. The van der Waals surface area contributed by atoms with E-state index in [1.54, 1.807) is 23.6 Å². The van der Waals surface area contributed by atoms with Crippen LogP contribution in [-0.2, 0) is 15.1 Å². The van der Waals surface area contributed by atoms with Crippen molar-refractivity contribution >= 4 is 12.0 Å². The summed E-state index contributed by atoms with van der Waals surface area (Å²) in [6, 6.07) is 17.9. The smallest absolute Gasteiger partial charge is 0.411 e. The molecule has 2 amide bonds. The van der Waals surface area contributed by atoms with Gasteiger partial charge in [-0.2, -0.15) is 0 Å². The van der Waals surface area contributed by atoms with Crippen LogP contribution in [0.2, 0.25) is 0 Å². The molecule has 6 heteroatoms. The van der Waals surface area contributed by atoms with Gasteiger partial charge in [0.25, 0.3) is 0 Å². The summed E-state index contributed by atoms with van der Waals surface area (Å²) in [6.45, 7) is 6.84. The van der Waals surface area contributed by atoms with Crippen LogP contribution in [0.3, 0.4) is 0 Å². The van der Waals surface area contributed by atoms with Crippen molar-refractivity contribution in [3.8, 4) is 0 Å². The summed E-state index contributed by atoms with van der Waals surface area (Å²) in [5.41, 5.74) is 1.29. The number of carbonyl (C=O) groups excluding carboxylic acids is 2. The number of amides is 2. The van der Waals surface area contributed by atoms with Gasteiger partial charge in [-0.25, -0.2) is 4.79 Å². The van der Waals surface area contributed by atoms with Gasteiger partial charge in [-0.3, -0.25) is 4.79 Å². The normalized spacial score (nSPS) is 24.7. The lowest BCUT2D eigenvalue weighted by Crippen LogP contribution is -2.51. The lowest BCUT2D eigenvalue weighted by Gasteiger charge is -2.45. The third kappa shape index (κ3) is 5.12. The second kappa shape index (κ2) is 9.41. The number of ether oxygens (including phenoxy) is 1. The second-order valence-electron chi connectivity index (χ2n) is 10.5. The van der Waals surface area contributed by atoms with Crippen molar-refractivity contribution in [2.45, 2.75) is 69.6 Å². The Bertz CT molecular complexity index is 1010. The highest BCUT2D eigenvalue weighted by molar-refractivity contribution is 5.77. The van der Waals surface area contributed by atoms with Crippen LogP contribution in [-0.4, -0.2) is 52.6 Å². The van der Waals surface area contributed by atoms with E-state index >= 15 is 0 Å². The molecular weight excluding hydrogens is 428 g/mol. The number of aliphatic hydroxyl groups is 1. The van der Waals surface area contributed by atoms with Crippen molar-refractivity contribution in [1.82, 2.24) is 9.80 Å². The molecule has 2 fully saturated rings. The van der Waals surface area contributed by atoms with Gasteiger partial charge in [-0.05, 0) is 49.8 Å². The summed E-state index contributed by atoms with van der Waals surface area (Å²) in [7, 11) is 1.86. The first-order valence-corrected chi connectivity index (χ1v) is 12.2. The Morgan fingerprint density at radius 2 is 1.76 bits per heavy atom. The Labute approximate surface area is 202 Å². The first-order chi connectivity index (χ1) is 16.1. The molecule has 2 aromatic rings. The highest BCUT2D eigenvalue weighted by atomic mass is 16.6. The Morgan fingerprint density at radius 1 is 1.09 bits per heavy atom. The van der Waals surface area contributed by atoms with Crippen LogP contribution in [0.5, 0.6) is 0 Å². The van der Waals surface area contributed by atoms with Crippen LogP contribution in [0.25, 0.3) is 0 Å². The predicted molar refractivity (Wildman–Crippen MR) is 131 cm³/mol. The quantitative estimate of drug-likeness (QED) is 0.654. The number of carbonyl (C=O) groups is 2. The van der Waals surface area contributed by atoms with Gasteiger partial charge >= 0.3 is 6.09 Å². The number of hydrogen-bond acceptors (Lipinski definition) is 4. The van der Waals surface area contributed by atoms with E-state index in [-0.39, 0.29) is 24.0 Å². The lowest BCUT2D eigenvalue weighted by atomic mass is 9.80. The molecule has 4 rings (SSSR count). The summed E-state index contributed by atoms with van der Waals surface area (Å²) >= 11 is 0. The number of rotatable bonds is 6. The molecule has 0 bridgehead atoms. The molecule has 6 nitrogen and oxygen atoms in total. The van der Waals surface area contributed by atoms with E-state index in [0.717, 1.165) is 24.1 Å². The third-order valence-corrected chi connectivity index (χ3v) is 7.31. The molecule has 0 spiro atoms. The molecule has 2 saturated heterocycles. The predicted octanol–water partition coefficient (Wildman–Crippen LogP) is 4.98. The van der Waals surface area contributed by atoms with Crippen LogP contribution in [0.4, 0.5) is 4.79 Å². The highest BCUT2D eigenvalue weighted by Gasteiger charge is 2.46. The standard InChI is InChI=1S/C28H36N2O4/c1-20(21-10-12-22(13-11-21)23-14-16-29(4)25(31)18-23)30-17-15-28(34-26(30)32,19-27(2,3)33)24-8-6-5-7-9-24/h5-13,20,23,33H,14-19H2,1-4H3/t20-,23?,28-/m0/s1. The maximum Gasteiger partial charge on any atom is 0.411 e. The summed E-state index contributed by atoms with van der Waals surface area (Å²) in [4.78, 5) is 28.9. The number of nitrogens with zero attached hydrogens (tertiary/aromatic N) is 2. The van der Waals surface area contributed by atoms with Crippen molar-refractivity contribution < 1.29 is 19.4 Å². The molecule has 2 heterocycles. The average molecular weight is 465 g/mol. The van der Waals surface area contributed by atoms with Crippen LogP contribution in [0, 0.1) is 0 Å². The van der Waals surface area contributed by atoms with Crippen LogP contribution < -0.4 is 0 Å². The first kappa shape index (κ1) is 24.3. The molecule has 1 N–H and O–H groups in total. The van der Waals surface area contributed by atoms with E-state index in [4.69, 9.17) is 4.74 Å². The maximum atomic E-state index is 13.2. The summed E-state index contributed by atoms with van der Waals surface area (Å²) < 4.78 is 6.12. The number of hydrogen-bond donors (Lipinski definition) is 1. The van der Waals surface area contributed by atoms with Gasteiger partial charge in [0, 0.05) is 39.4 Å². The fourth-order valence-electron chi connectivity index (χ4n) is 5.35. The van der Waals surface area contributed by atoms with Gasteiger partial charge in [0.05, 0.1) is 11.6 Å². The van der Waals surface area contributed by atoms with Crippen molar-refractivity contribution in [1.29, 1.82) is 0 Å². The van der Waals surface area contributed by atoms with Crippen molar-refractivity contribution in [3.05, 3.63) is 71.3 Å². The van der Waals surface area contributed by atoms with Gasteiger partial charge < -0.3 is 19.6 Å². The molecule has 2 aromatic carbocycles. The topological polar surface area (TPSA) is 70.1 Å². The zero-order valence-electron chi connectivity index (χ0n) is 20.7. The zero-order chi connectivity index (χ0) is 24.5. The molecule has 0 aliphatic carbocycles. The van der Waals surface area contributed by atoms with Crippen molar-refractivity contribution in [2.24, 2.45) is 0 Å². The van der Waals surface area contributed by atoms with E-state index in [9.17, 15) is 14.7 Å². The van der Waals surface area contributed by atoms with E-state index in [0.29, 0.717) is 25.8 Å². The minimum absolute atomic E-state index is 0.142. The van der Waals surface area contributed by atoms with Crippen molar-refractivity contribution in [3.63, 3.8) is 0 Å². The van der Waals surface area contributed by atoms with Gasteiger partial charge in [-0.15, -0.1) is 0 Å². The lowest BCUT2D eigenvalue weighted by molar-refractivity contribution is -0.132. The fourth-order valence-corrected chi connectivity index (χ4v) is 5.35. The maximum absolute atomic E-state index is 13.2. The van der Waals surface area contributed by atoms with Gasteiger partial charge in [-0.1, -0.05) is 54.6 Å². The van der Waals surface area contributed by atoms with E-state index in [2.05, 4.69) is 24.3 Å². The monoisotopic (exact) mass is 464 g/mol. The molecular formula is C28H36N2O4. The highest BCUT2D eigenvalue weighted by Crippen LogP contribution is 2.42. The molecule has 182 valence electrons. The van der Waals surface area contributed by atoms with Crippen LogP contribution in [0.15, 0.2) is 54.6 Å². The number of likely N-dealkylation sites (tertiary alicyclic amines) is 1. The second-order valence-corrected chi connectivity index (χ2v) is 10.5. The summed E-state index contributed by atoms with van der Waals surface area (Å²) in [6.07, 6.45) is 2.09. The fraction of sp³-hybridized carbons (Fsp3) is 0.500. The third-order valence-electron chi connectivity index (χ3n) is 7.31. The molecule has 0 radical (unpaired) electrons. The number of piperidine rings is 1. The summed E-state index contributed by atoms with van der Waals surface area (Å²) in [5, 5.41) is 10.6. The van der Waals surface area contributed by atoms with Gasteiger partial charge in [0.15, 0.2) is 0 Å². The first-order valence-electron chi connectivity index (χ1n) is 12.2. The SMILES string of the molecule is C[C@@H](c1ccc(C2CCN(C)C(=O)C2)cc1)N1CC[C@](CC(C)(C)O)(c2ccccc2)OC1=O. The molecule has 1 unspecified atom stereocenters. The van der Waals surface area contributed by atoms with E-state index < -0.39 is 11.2 Å². The molecule has 0 saturated carbocycles. The van der Waals surface area contributed by atoms with E-state index in [1.165, 1.54) is 5.56 Å².